The normalized spacial score (nSPS) is 16.0. The Morgan fingerprint density at radius 2 is 1.93 bits per heavy atom. The number of rotatable bonds is 5. The van der Waals surface area contributed by atoms with Crippen molar-refractivity contribution in [2.24, 2.45) is 0 Å². The molecule has 6 nitrogen and oxygen atoms in total. The molecule has 0 radical (unpaired) electrons. The van der Waals surface area contributed by atoms with Crippen LogP contribution in [0.15, 0.2) is 42.6 Å². The molecule has 6 heteroatoms. The highest BCUT2D eigenvalue weighted by molar-refractivity contribution is 5.85. The number of nitrogens with one attached hydrogen (secondary N) is 1. The van der Waals surface area contributed by atoms with E-state index in [1.807, 2.05) is 43.9 Å². The number of carbonyl (C=O) groups excluding carboxylic acids is 2. The van der Waals surface area contributed by atoms with E-state index in [0.29, 0.717) is 13.1 Å². The van der Waals surface area contributed by atoms with Crippen molar-refractivity contribution < 1.29 is 9.59 Å². The highest BCUT2D eigenvalue weighted by Crippen LogP contribution is 2.34. The molecule has 1 aromatic heterocycles. The summed E-state index contributed by atoms with van der Waals surface area (Å²) >= 11 is 0. The molecule has 28 heavy (non-hydrogen) atoms. The van der Waals surface area contributed by atoms with E-state index in [1.165, 1.54) is 0 Å². The minimum Gasteiger partial charge on any atom is -0.348 e. The van der Waals surface area contributed by atoms with E-state index in [4.69, 9.17) is 0 Å². The van der Waals surface area contributed by atoms with Crippen molar-refractivity contribution in [2.45, 2.75) is 46.3 Å². The monoisotopic (exact) mass is 382 g/mol. The molecular formula is C22H30N4O2. The lowest BCUT2D eigenvalue weighted by Gasteiger charge is -2.39. The van der Waals surface area contributed by atoms with Crippen LogP contribution < -0.4 is 5.32 Å². The molecule has 150 valence electrons. The molecule has 1 N–H and O–H groups in total. The maximum atomic E-state index is 13.3. The van der Waals surface area contributed by atoms with E-state index < -0.39 is 0 Å². The fourth-order valence-electron chi connectivity index (χ4n) is 3.85. The number of aromatic nitrogens is 1. The molecule has 3 rings (SSSR count). The second-order valence-electron chi connectivity index (χ2n) is 7.53. The van der Waals surface area contributed by atoms with Gasteiger partial charge in [-0.05, 0) is 51.0 Å². The summed E-state index contributed by atoms with van der Waals surface area (Å²) in [6.07, 6.45) is 2.07. The number of aryl methyl sites for hydroxylation is 1. The first-order chi connectivity index (χ1) is 13.4. The minimum absolute atomic E-state index is 0.0272. The van der Waals surface area contributed by atoms with Crippen LogP contribution in [0.25, 0.3) is 0 Å². The predicted octanol–water partition coefficient (Wildman–Crippen LogP) is 3.17. The quantitative estimate of drug-likeness (QED) is 0.864. The topological polar surface area (TPSA) is 57.6 Å². The largest absolute Gasteiger partial charge is 0.348 e. The summed E-state index contributed by atoms with van der Waals surface area (Å²) in [6.45, 7) is 9.83. The zero-order valence-corrected chi connectivity index (χ0v) is 17.2. The van der Waals surface area contributed by atoms with E-state index in [-0.39, 0.29) is 30.6 Å². The molecule has 0 fully saturated rings. The van der Waals surface area contributed by atoms with Crippen LogP contribution in [-0.4, -0.2) is 52.0 Å². The Labute approximate surface area is 167 Å². The van der Waals surface area contributed by atoms with Crippen LogP contribution in [0.1, 0.15) is 43.6 Å². The number of amides is 3. The van der Waals surface area contributed by atoms with Gasteiger partial charge in [-0.2, -0.15) is 0 Å². The van der Waals surface area contributed by atoms with E-state index in [1.54, 1.807) is 4.90 Å². The smallest absolute Gasteiger partial charge is 0.318 e. The first-order valence-electron chi connectivity index (χ1n) is 9.98. The molecule has 3 amide bonds. The van der Waals surface area contributed by atoms with Crippen LogP contribution in [0, 0.1) is 6.92 Å². The van der Waals surface area contributed by atoms with E-state index >= 15 is 0 Å². The molecule has 1 aliphatic rings. The van der Waals surface area contributed by atoms with Gasteiger partial charge in [0.15, 0.2) is 0 Å². The van der Waals surface area contributed by atoms with Gasteiger partial charge in [0, 0.05) is 37.6 Å². The van der Waals surface area contributed by atoms with Crippen molar-refractivity contribution in [3.8, 4) is 0 Å². The Balaban J connectivity index is 1.92. The first kappa shape index (κ1) is 20.0. The van der Waals surface area contributed by atoms with Crippen LogP contribution in [0.3, 0.4) is 0 Å². The van der Waals surface area contributed by atoms with Gasteiger partial charge in [0.25, 0.3) is 0 Å². The standard InChI is InChI=1S/C22H30N4O2/c1-5-23-22(28)26(16(2)3)15-20(27)25-14-13-24-12-8-11-19(24)21(25)18-10-7-6-9-17(18)4/h6-12,16,21H,5,13-15H2,1-4H3,(H,23,28)/t21-/m0/s1. The fourth-order valence-corrected chi connectivity index (χ4v) is 3.85. The molecular weight excluding hydrogens is 352 g/mol. The molecule has 0 spiro atoms. The zero-order chi connectivity index (χ0) is 20.3. The number of carbonyl (C=O) groups is 2. The van der Waals surface area contributed by atoms with Crippen molar-refractivity contribution in [1.82, 2.24) is 19.7 Å². The average Bonchev–Trinajstić information content (AvgIpc) is 3.14. The molecule has 2 heterocycles. The van der Waals surface area contributed by atoms with E-state index in [2.05, 4.69) is 41.2 Å². The Kier molecular flexibility index (Phi) is 6.07. The summed E-state index contributed by atoms with van der Waals surface area (Å²) < 4.78 is 2.21. The number of urea groups is 1. The SMILES string of the molecule is CCNC(=O)N(CC(=O)N1CCn2cccc2[C@@H]1c1ccccc1C)C(C)C. The van der Waals surface area contributed by atoms with Gasteiger partial charge in [-0.25, -0.2) is 4.79 Å². The van der Waals surface area contributed by atoms with Crippen molar-refractivity contribution in [2.75, 3.05) is 19.6 Å². The number of fused-ring (bicyclic) bond motifs is 1. The van der Waals surface area contributed by atoms with Crippen LogP contribution >= 0.6 is 0 Å². The predicted molar refractivity (Wildman–Crippen MR) is 110 cm³/mol. The summed E-state index contributed by atoms with van der Waals surface area (Å²) in [6, 6.07) is 11.9. The number of benzene rings is 1. The Morgan fingerprint density at radius 3 is 2.61 bits per heavy atom. The number of hydrogen-bond acceptors (Lipinski definition) is 2. The minimum atomic E-state index is -0.196. The summed E-state index contributed by atoms with van der Waals surface area (Å²) in [5.41, 5.74) is 3.40. The van der Waals surface area contributed by atoms with Gasteiger partial charge < -0.3 is 19.7 Å². The second-order valence-corrected chi connectivity index (χ2v) is 7.53. The third kappa shape index (κ3) is 3.91. The van der Waals surface area contributed by atoms with Gasteiger partial charge in [-0.3, -0.25) is 4.79 Å². The molecule has 1 atom stereocenters. The van der Waals surface area contributed by atoms with Gasteiger partial charge in [0.05, 0.1) is 6.04 Å². The molecule has 0 saturated heterocycles. The van der Waals surface area contributed by atoms with Crippen LogP contribution in [-0.2, 0) is 11.3 Å². The molecule has 0 aliphatic carbocycles. The van der Waals surface area contributed by atoms with Gasteiger partial charge in [-0.1, -0.05) is 24.3 Å². The van der Waals surface area contributed by atoms with Crippen molar-refractivity contribution in [3.05, 3.63) is 59.4 Å². The number of nitrogens with zero attached hydrogens (tertiary/aromatic N) is 3. The summed E-state index contributed by atoms with van der Waals surface area (Å²) in [7, 11) is 0. The molecule has 1 aliphatic heterocycles. The fraction of sp³-hybridized carbons (Fsp3) is 0.455. The highest BCUT2D eigenvalue weighted by Gasteiger charge is 2.34. The van der Waals surface area contributed by atoms with Gasteiger partial charge >= 0.3 is 6.03 Å². The lowest BCUT2D eigenvalue weighted by atomic mass is 9.95. The van der Waals surface area contributed by atoms with Gasteiger partial charge in [0.1, 0.15) is 6.54 Å². The van der Waals surface area contributed by atoms with Crippen LogP contribution in [0.2, 0.25) is 0 Å². The third-order valence-corrected chi connectivity index (χ3v) is 5.36. The molecule has 1 aromatic carbocycles. The van der Waals surface area contributed by atoms with Crippen molar-refractivity contribution >= 4 is 11.9 Å². The van der Waals surface area contributed by atoms with Crippen molar-refractivity contribution in [3.63, 3.8) is 0 Å². The maximum absolute atomic E-state index is 13.3. The summed E-state index contributed by atoms with van der Waals surface area (Å²) in [5, 5.41) is 2.81. The van der Waals surface area contributed by atoms with Crippen LogP contribution in [0.5, 0.6) is 0 Å². The molecule has 0 bridgehead atoms. The molecule has 0 saturated carbocycles. The van der Waals surface area contributed by atoms with Crippen LogP contribution in [0.4, 0.5) is 4.79 Å². The summed E-state index contributed by atoms with van der Waals surface area (Å²) in [5.74, 6) is -0.0272. The van der Waals surface area contributed by atoms with E-state index in [0.717, 1.165) is 23.4 Å². The second kappa shape index (κ2) is 8.50. The Bertz CT molecular complexity index is 843. The third-order valence-electron chi connectivity index (χ3n) is 5.36. The highest BCUT2D eigenvalue weighted by atomic mass is 16.2. The zero-order valence-electron chi connectivity index (χ0n) is 17.2. The molecule has 0 unspecified atom stereocenters. The Morgan fingerprint density at radius 1 is 1.18 bits per heavy atom. The first-order valence-corrected chi connectivity index (χ1v) is 9.98. The number of hydrogen-bond donors (Lipinski definition) is 1. The molecule has 2 aromatic rings. The van der Waals surface area contributed by atoms with Crippen molar-refractivity contribution in [1.29, 1.82) is 0 Å². The lowest BCUT2D eigenvalue weighted by Crippen LogP contribution is -2.51. The lowest BCUT2D eigenvalue weighted by molar-refractivity contribution is -0.134. The average molecular weight is 383 g/mol. The van der Waals surface area contributed by atoms with Gasteiger partial charge in [0.2, 0.25) is 5.91 Å². The van der Waals surface area contributed by atoms with Gasteiger partial charge in [-0.15, -0.1) is 0 Å². The summed E-state index contributed by atoms with van der Waals surface area (Å²) in [4.78, 5) is 29.3. The Hall–Kier alpha value is -2.76. The maximum Gasteiger partial charge on any atom is 0.318 e. The van der Waals surface area contributed by atoms with E-state index in [9.17, 15) is 9.59 Å².